The average molecular weight is 398 g/mol. The van der Waals surface area contributed by atoms with Crippen molar-refractivity contribution < 1.29 is 13.6 Å². The molecule has 0 bridgehead atoms. The van der Waals surface area contributed by atoms with Gasteiger partial charge in [-0.1, -0.05) is 46.3 Å². The average Bonchev–Trinajstić information content (AvgIpc) is 2.55. The third kappa shape index (κ3) is 4.92. The molecule has 0 fully saturated rings. The summed E-state index contributed by atoms with van der Waals surface area (Å²) in [6.07, 6.45) is 0. The fraction of sp³-hybridized carbons (Fsp3) is 0.294. The number of rotatable bonds is 8. The molecule has 2 aromatic rings. The number of benzene rings is 2. The van der Waals surface area contributed by atoms with Crippen LogP contribution in [0, 0.1) is 0 Å². The molecule has 0 aliphatic rings. The minimum Gasteiger partial charge on any atom is -0.368 e. The summed E-state index contributed by atoms with van der Waals surface area (Å²) < 4.78 is 25.3. The van der Waals surface area contributed by atoms with E-state index in [1.165, 1.54) is 0 Å². The Bertz CT molecular complexity index is 639. The molecule has 0 unspecified atom stereocenters. The number of nitrogens with one attached hydrogen (secondary N) is 1. The van der Waals surface area contributed by atoms with Crippen molar-refractivity contribution >= 4 is 29.2 Å². The lowest BCUT2D eigenvalue weighted by Gasteiger charge is -2.28. The van der Waals surface area contributed by atoms with Crippen LogP contribution in [-0.4, -0.2) is 13.2 Å². The lowest BCUT2D eigenvalue weighted by Crippen LogP contribution is -2.15. The zero-order valence-electron chi connectivity index (χ0n) is 13.2. The number of anilines is 1. The maximum atomic E-state index is 13.3. The second-order valence-electron chi connectivity index (χ2n) is 4.84. The molecule has 0 aliphatic carbocycles. The molecule has 0 aliphatic heterocycles. The van der Waals surface area contributed by atoms with Gasteiger partial charge in [0.25, 0.3) is 0 Å². The standard InChI is InChI=1S/C17H21BrNO3P/c1-3-21-23(20,22-4-2)17(14-10-12-15(18)13-11-14)19-16-8-6-5-7-9-16/h5-13,17,19H,3-4H2,1-2H3/t17-/m0/s1. The van der Waals surface area contributed by atoms with Gasteiger partial charge in [-0.15, -0.1) is 0 Å². The van der Waals surface area contributed by atoms with Crippen molar-refractivity contribution in [2.75, 3.05) is 18.5 Å². The highest BCUT2D eigenvalue weighted by Gasteiger charge is 2.37. The van der Waals surface area contributed by atoms with Crippen LogP contribution in [0.3, 0.4) is 0 Å². The van der Waals surface area contributed by atoms with Crippen molar-refractivity contribution in [3.8, 4) is 0 Å². The molecule has 0 amide bonds. The van der Waals surface area contributed by atoms with Gasteiger partial charge in [0, 0.05) is 10.2 Å². The molecule has 0 radical (unpaired) electrons. The normalized spacial score (nSPS) is 12.8. The van der Waals surface area contributed by atoms with Gasteiger partial charge >= 0.3 is 7.60 Å². The molecule has 0 heterocycles. The summed E-state index contributed by atoms with van der Waals surface area (Å²) in [5.41, 5.74) is 1.71. The zero-order chi connectivity index (χ0) is 16.7. The fourth-order valence-corrected chi connectivity index (χ4v) is 4.43. The van der Waals surface area contributed by atoms with E-state index < -0.39 is 13.4 Å². The SMILES string of the molecule is CCOP(=O)(OCC)[C@H](Nc1ccccc1)c1ccc(Br)cc1. The first-order valence-electron chi connectivity index (χ1n) is 7.55. The second kappa shape index (κ2) is 8.65. The van der Waals surface area contributed by atoms with Crippen LogP contribution in [0.5, 0.6) is 0 Å². The molecule has 0 aromatic heterocycles. The van der Waals surface area contributed by atoms with E-state index in [1.807, 2.05) is 68.4 Å². The zero-order valence-corrected chi connectivity index (χ0v) is 15.7. The van der Waals surface area contributed by atoms with Crippen LogP contribution in [-0.2, 0) is 13.6 Å². The van der Waals surface area contributed by atoms with Gasteiger partial charge < -0.3 is 14.4 Å². The predicted octanol–water partition coefficient (Wildman–Crippen LogP) is 5.83. The van der Waals surface area contributed by atoms with Crippen molar-refractivity contribution in [3.63, 3.8) is 0 Å². The Balaban J connectivity index is 2.40. The topological polar surface area (TPSA) is 47.6 Å². The number of hydrogen-bond donors (Lipinski definition) is 1. The van der Waals surface area contributed by atoms with Crippen molar-refractivity contribution in [1.82, 2.24) is 0 Å². The Morgan fingerprint density at radius 1 is 1.00 bits per heavy atom. The van der Waals surface area contributed by atoms with E-state index in [0.717, 1.165) is 15.7 Å². The molecule has 124 valence electrons. The summed E-state index contributed by atoms with van der Waals surface area (Å²) in [6.45, 7) is 4.27. The van der Waals surface area contributed by atoms with Gasteiger partial charge in [-0.3, -0.25) is 4.57 Å². The molecule has 23 heavy (non-hydrogen) atoms. The number of para-hydroxylation sites is 1. The first kappa shape index (κ1) is 18.2. The van der Waals surface area contributed by atoms with E-state index >= 15 is 0 Å². The van der Waals surface area contributed by atoms with E-state index in [1.54, 1.807) is 0 Å². The van der Waals surface area contributed by atoms with E-state index in [0.29, 0.717) is 13.2 Å². The lowest BCUT2D eigenvalue weighted by molar-refractivity contribution is 0.214. The van der Waals surface area contributed by atoms with Gasteiger partial charge in [0.05, 0.1) is 13.2 Å². The van der Waals surface area contributed by atoms with E-state index in [4.69, 9.17) is 9.05 Å². The summed E-state index contributed by atoms with van der Waals surface area (Å²) in [4.78, 5) is 0. The van der Waals surface area contributed by atoms with Gasteiger partial charge in [-0.05, 0) is 43.7 Å². The highest BCUT2D eigenvalue weighted by molar-refractivity contribution is 9.10. The van der Waals surface area contributed by atoms with Gasteiger partial charge in [0.2, 0.25) is 0 Å². The molecular weight excluding hydrogens is 377 g/mol. The number of halogens is 1. The fourth-order valence-electron chi connectivity index (χ4n) is 2.23. The van der Waals surface area contributed by atoms with Crippen LogP contribution in [0.4, 0.5) is 5.69 Å². The summed E-state index contributed by atoms with van der Waals surface area (Å²) in [7, 11) is -3.36. The van der Waals surface area contributed by atoms with Crippen LogP contribution in [0.2, 0.25) is 0 Å². The Labute approximate surface area is 145 Å². The van der Waals surface area contributed by atoms with Crippen LogP contribution in [0.1, 0.15) is 25.2 Å². The molecule has 2 rings (SSSR count). The van der Waals surface area contributed by atoms with Crippen LogP contribution >= 0.6 is 23.5 Å². The Kier molecular flexibility index (Phi) is 6.85. The summed E-state index contributed by atoms with van der Waals surface area (Å²) in [6, 6.07) is 17.3. The molecule has 1 atom stereocenters. The second-order valence-corrected chi connectivity index (χ2v) is 7.87. The Hall–Kier alpha value is -1.13. The maximum Gasteiger partial charge on any atom is 0.357 e. The van der Waals surface area contributed by atoms with Crippen molar-refractivity contribution in [1.29, 1.82) is 0 Å². The van der Waals surface area contributed by atoms with Crippen molar-refractivity contribution in [2.45, 2.75) is 19.6 Å². The van der Waals surface area contributed by atoms with Crippen molar-refractivity contribution in [3.05, 3.63) is 64.6 Å². The van der Waals surface area contributed by atoms with Gasteiger partial charge in [0.1, 0.15) is 0 Å². The summed E-state index contributed by atoms with van der Waals surface area (Å²) >= 11 is 3.42. The predicted molar refractivity (Wildman–Crippen MR) is 97.8 cm³/mol. The third-order valence-electron chi connectivity index (χ3n) is 3.20. The van der Waals surface area contributed by atoms with E-state index in [9.17, 15) is 4.57 Å². The van der Waals surface area contributed by atoms with Crippen molar-refractivity contribution in [2.24, 2.45) is 0 Å². The van der Waals surface area contributed by atoms with Gasteiger partial charge in [-0.2, -0.15) is 0 Å². The van der Waals surface area contributed by atoms with Gasteiger partial charge in [-0.25, -0.2) is 0 Å². The van der Waals surface area contributed by atoms with Crippen LogP contribution in [0.15, 0.2) is 59.1 Å². The van der Waals surface area contributed by atoms with Crippen LogP contribution < -0.4 is 5.32 Å². The largest absolute Gasteiger partial charge is 0.368 e. The third-order valence-corrected chi connectivity index (χ3v) is 6.02. The smallest absolute Gasteiger partial charge is 0.357 e. The Morgan fingerprint density at radius 2 is 1.57 bits per heavy atom. The van der Waals surface area contributed by atoms with Gasteiger partial charge in [0.15, 0.2) is 5.78 Å². The molecule has 4 nitrogen and oxygen atoms in total. The molecule has 0 saturated carbocycles. The quantitative estimate of drug-likeness (QED) is 0.569. The molecule has 6 heteroatoms. The minimum absolute atomic E-state index is 0.320. The molecule has 0 saturated heterocycles. The highest BCUT2D eigenvalue weighted by atomic mass is 79.9. The highest BCUT2D eigenvalue weighted by Crippen LogP contribution is 2.60. The molecule has 1 N–H and O–H groups in total. The molecule has 0 spiro atoms. The summed E-state index contributed by atoms with van der Waals surface area (Å²) in [5.74, 6) is -0.571. The Morgan fingerprint density at radius 3 is 2.09 bits per heavy atom. The molecule has 2 aromatic carbocycles. The molecular formula is C17H21BrNO3P. The first-order valence-corrected chi connectivity index (χ1v) is 9.95. The van der Waals surface area contributed by atoms with E-state index in [2.05, 4.69) is 21.2 Å². The van der Waals surface area contributed by atoms with E-state index in [-0.39, 0.29) is 0 Å². The maximum absolute atomic E-state index is 13.3. The monoisotopic (exact) mass is 397 g/mol. The first-order chi connectivity index (χ1) is 11.1. The minimum atomic E-state index is -3.36. The number of hydrogen-bond acceptors (Lipinski definition) is 4. The summed E-state index contributed by atoms with van der Waals surface area (Å²) in [5, 5.41) is 3.30. The lowest BCUT2D eigenvalue weighted by atomic mass is 10.2. The van der Waals surface area contributed by atoms with Crippen LogP contribution in [0.25, 0.3) is 0 Å².